The van der Waals surface area contributed by atoms with Gasteiger partial charge in [-0.1, -0.05) is 11.6 Å². The second kappa shape index (κ2) is 6.90. The molecular formula is C14H20ClN3O4S. The van der Waals surface area contributed by atoms with E-state index < -0.39 is 10.0 Å². The number of nitrogens with zero attached hydrogens (tertiary/aromatic N) is 2. The molecule has 0 saturated carbocycles. The molecule has 128 valence electrons. The molecule has 0 atom stereocenters. The summed E-state index contributed by atoms with van der Waals surface area (Å²) in [5.74, 6) is 0.692. The van der Waals surface area contributed by atoms with Crippen LogP contribution in [0.25, 0.3) is 0 Å². The predicted octanol–water partition coefficient (Wildman–Crippen LogP) is 0.872. The van der Waals surface area contributed by atoms with E-state index in [1.54, 1.807) is 0 Å². The molecule has 0 bridgehead atoms. The number of hydrogen-bond acceptors (Lipinski definition) is 6. The first-order valence-electron chi connectivity index (χ1n) is 7.56. The molecule has 1 aromatic heterocycles. The first-order valence-corrected chi connectivity index (χ1v) is 9.49. The number of hydrogen-bond donors (Lipinski definition) is 1. The minimum Gasteiger partial charge on any atom is -0.476 e. The van der Waals surface area contributed by atoms with E-state index in [0.717, 1.165) is 45.3 Å². The highest BCUT2D eigenvalue weighted by molar-refractivity contribution is 7.89. The Morgan fingerprint density at radius 2 is 2.09 bits per heavy atom. The molecule has 0 radical (unpaired) electrons. The van der Waals surface area contributed by atoms with Crippen LogP contribution < -0.4 is 9.88 Å². The number of sulfonamides is 1. The van der Waals surface area contributed by atoms with Crippen LogP contribution in [0.3, 0.4) is 0 Å². The van der Waals surface area contributed by atoms with Crippen LogP contribution in [0.15, 0.2) is 17.2 Å². The fraction of sp³-hybridized carbons (Fsp3) is 0.643. The monoisotopic (exact) mass is 361 g/mol. The van der Waals surface area contributed by atoms with Crippen molar-refractivity contribution in [3.05, 3.63) is 17.3 Å². The second-order valence-corrected chi connectivity index (χ2v) is 7.95. The van der Waals surface area contributed by atoms with Crippen molar-refractivity contribution in [3.63, 3.8) is 0 Å². The van der Waals surface area contributed by atoms with E-state index in [-0.39, 0.29) is 15.8 Å². The van der Waals surface area contributed by atoms with Gasteiger partial charge in [-0.3, -0.25) is 4.90 Å². The van der Waals surface area contributed by atoms with E-state index in [1.165, 1.54) is 6.07 Å². The summed E-state index contributed by atoms with van der Waals surface area (Å²) >= 11 is 6.01. The van der Waals surface area contributed by atoms with Gasteiger partial charge < -0.3 is 9.47 Å². The van der Waals surface area contributed by atoms with Crippen molar-refractivity contribution in [2.45, 2.75) is 23.8 Å². The zero-order chi connectivity index (χ0) is 16.4. The van der Waals surface area contributed by atoms with Crippen LogP contribution in [-0.2, 0) is 14.8 Å². The van der Waals surface area contributed by atoms with Gasteiger partial charge in [0.1, 0.15) is 9.92 Å². The highest BCUT2D eigenvalue weighted by Gasteiger charge is 2.29. The molecule has 0 unspecified atom stereocenters. The van der Waals surface area contributed by atoms with E-state index in [9.17, 15) is 8.42 Å². The van der Waals surface area contributed by atoms with Crippen LogP contribution in [0.5, 0.6) is 5.88 Å². The lowest BCUT2D eigenvalue weighted by molar-refractivity contribution is -0.0750. The van der Waals surface area contributed by atoms with Gasteiger partial charge in [-0.25, -0.2) is 18.5 Å². The third kappa shape index (κ3) is 4.13. The molecule has 0 aliphatic carbocycles. The summed E-state index contributed by atoms with van der Waals surface area (Å²) in [5.41, 5.74) is 0. The van der Waals surface area contributed by atoms with Gasteiger partial charge in [0, 0.05) is 0 Å². The molecule has 2 fully saturated rings. The number of ether oxygens (including phenoxy) is 2. The van der Waals surface area contributed by atoms with E-state index in [1.807, 2.05) is 0 Å². The van der Waals surface area contributed by atoms with Gasteiger partial charge in [0.05, 0.1) is 32.1 Å². The molecule has 2 N–H and O–H groups in total. The van der Waals surface area contributed by atoms with Gasteiger partial charge in [-0.05, 0) is 37.9 Å². The number of primary sulfonamides is 1. The molecule has 0 spiro atoms. The Morgan fingerprint density at radius 3 is 2.61 bits per heavy atom. The Bertz CT molecular complexity index is 658. The molecule has 0 amide bonds. The summed E-state index contributed by atoms with van der Waals surface area (Å²) < 4.78 is 33.4. The van der Waals surface area contributed by atoms with Crippen molar-refractivity contribution in [2.75, 3.05) is 32.9 Å². The summed E-state index contributed by atoms with van der Waals surface area (Å²) in [6, 6.07) is 1.84. The Hall–Kier alpha value is -0.930. The lowest BCUT2D eigenvalue weighted by atomic mass is 9.96. The summed E-state index contributed by atoms with van der Waals surface area (Å²) in [6.07, 6.45) is 3.28. The third-order valence-corrected chi connectivity index (χ3v) is 5.50. The van der Waals surface area contributed by atoms with Crippen molar-refractivity contribution in [3.8, 4) is 5.88 Å². The zero-order valence-electron chi connectivity index (χ0n) is 12.7. The number of halogens is 1. The summed E-state index contributed by atoms with van der Waals surface area (Å²) in [7, 11) is -3.81. The van der Waals surface area contributed by atoms with Crippen molar-refractivity contribution in [2.24, 2.45) is 11.1 Å². The molecule has 9 heteroatoms. The lowest BCUT2D eigenvalue weighted by Gasteiger charge is -2.41. The normalized spacial score (nSPS) is 21.1. The smallest absolute Gasteiger partial charge is 0.239 e. The summed E-state index contributed by atoms with van der Waals surface area (Å²) in [6.45, 7) is 4.31. The SMILES string of the molecule is NS(=O)(=O)c1cnc(OCC2CCN(C3COC3)CC2)c(Cl)c1. The zero-order valence-corrected chi connectivity index (χ0v) is 14.2. The van der Waals surface area contributed by atoms with E-state index in [4.69, 9.17) is 26.2 Å². The largest absolute Gasteiger partial charge is 0.476 e. The minimum absolute atomic E-state index is 0.120. The fourth-order valence-electron chi connectivity index (χ4n) is 2.79. The maximum Gasteiger partial charge on any atom is 0.239 e. The quantitative estimate of drug-likeness (QED) is 0.836. The summed E-state index contributed by atoms with van der Waals surface area (Å²) in [4.78, 5) is 6.30. The summed E-state index contributed by atoms with van der Waals surface area (Å²) in [5, 5.41) is 5.19. The molecular weight excluding hydrogens is 342 g/mol. The van der Waals surface area contributed by atoms with Crippen LogP contribution in [0, 0.1) is 5.92 Å². The number of nitrogens with two attached hydrogens (primary N) is 1. The topological polar surface area (TPSA) is 94.8 Å². The average Bonchev–Trinajstić information content (AvgIpc) is 2.44. The molecule has 7 nitrogen and oxygen atoms in total. The molecule has 1 aromatic rings. The molecule has 3 rings (SSSR count). The van der Waals surface area contributed by atoms with E-state index in [2.05, 4.69) is 9.88 Å². The van der Waals surface area contributed by atoms with Gasteiger partial charge in [0.25, 0.3) is 0 Å². The highest BCUT2D eigenvalue weighted by atomic mass is 35.5. The molecule has 2 aliphatic rings. The molecule has 0 aromatic carbocycles. The van der Waals surface area contributed by atoms with E-state index in [0.29, 0.717) is 18.6 Å². The van der Waals surface area contributed by atoms with Crippen LogP contribution in [0.2, 0.25) is 5.02 Å². The van der Waals surface area contributed by atoms with Gasteiger partial charge in [0.2, 0.25) is 15.9 Å². The number of likely N-dealkylation sites (tertiary alicyclic amines) is 1. The van der Waals surface area contributed by atoms with Crippen LogP contribution in [0.4, 0.5) is 0 Å². The van der Waals surface area contributed by atoms with Gasteiger partial charge in [-0.2, -0.15) is 0 Å². The molecule has 2 saturated heterocycles. The third-order valence-electron chi connectivity index (χ3n) is 4.35. The maximum absolute atomic E-state index is 11.2. The second-order valence-electron chi connectivity index (χ2n) is 5.98. The number of piperidine rings is 1. The first kappa shape index (κ1) is 16.9. The Kier molecular flexibility index (Phi) is 5.07. The number of rotatable bonds is 5. The molecule has 3 heterocycles. The predicted molar refractivity (Wildman–Crippen MR) is 85.0 cm³/mol. The van der Waals surface area contributed by atoms with Crippen molar-refractivity contribution < 1.29 is 17.9 Å². The fourth-order valence-corrected chi connectivity index (χ4v) is 3.55. The van der Waals surface area contributed by atoms with Crippen LogP contribution in [0.1, 0.15) is 12.8 Å². The molecule has 2 aliphatic heterocycles. The highest BCUT2D eigenvalue weighted by Crippen LogP contribution is 2.26. The van der Waals surface area contributed by atoms with Crippen LogP contribution in [-0.4, -0.2) is 57.3 Å². The van der Waals surface area contributed by atoms with Crippen molar-refractivity contribution in [1.29, 1.82) is 0 Å². The minimum atomic E-state index is -3.81. The first-order chi connectivity index (χ1) is 10.9. The van der Waals surface area contributed by atoms with Gasteiger partial charge in [0.15, 0.2) is 0 Å². The Labute approximate surface area is 140 Å². The standard InChI is InChI=1S/C14H20ClN3O4S/c15-13-5-12(23(16,19)20)6-17-14(13)22-7-10-1-3-18(4-2-10)11-8-21-9-11/h5-6,10-11H,1-4,7-9H2,(H2,16,19,20). The Morgan fingerprint density at radius 1 is 1.39 bits per heavy atom. The van der Waals surface area contributed by atoms with E-state index >= 15 is 0 Å². The number of aromatic nitrogens is 1. The van der Waals surface area contributed by atoms with Crippen molar-refractivity contribution in [1.82, 2.24) is 9.88 Å². The average molecular weight is 362 g/mol. The maximum atomic E-state index is 11.2. The van der Waals surface area contributed by atoms with Crippen LogP contribution >= 0.6 is 11.6 Å². The van der Waals surface area contributed by atoms with Gasteiger partial charge >= 0.3 is 0 Å². The molecule has 23 heavy (non-hydrogen) atoms. The lowest BCUT2D eigenvalue weighted by Crippen LogP contribution is -2.52. The van der Waals surface area contributed by atoms with Crippen molar-refractivity contribution >= 4 is 21.6 Å². The van der Waals surface area contributed by atoms with Gasteiger partial charge in [-0.15, -0.1) is 0 Å². The Balaban J connectivity index is 1.51. The number of pyridine rings is 1.